The highest BCUT2D eigenvalue weighted by Gasteiger charge is 2.33. The van der Waals surface area contributed by atoms with Crippen LogP contribution in [0, 0.1) is 6.92 Å². The van der Waals surface area contributed by atoms with Gasteiger partial charge in [-0.2, -0.15) is 0 Å². The second kappa shape index (κ2) is 13.9. The molecule has 40 heavy (non-hydrogen) atoms. The molecule has 0 aromatic heterocycles. The van der Waals surface area contributed by atoms with E-state index in [1.54, 1.807) is 61.5 Å². The molecule has 0 aliphatic rings. The molecule has 0 aliphatic heterocycles. The van der Waals surface area contributed by atoms with Gasteiger partial charge < -0.3 is 10.2 Å². The summed E-state index contributed by atoms with van der Waals surface area (Å²) < 4.78 is 29.5. The van der Waals surface area contributed by atoms with Gasteiger partial charge in [-0.05, 0) is 75.7 Å². The number of hydrogen-bond acceptors (Lipinski definition) is 4. The van der Waals surface area contributed by atoms with Crippen molar-refractivity contribution >= 4 is 66.7 Å². The molecular weight excluding hydrogens is 637 g/mol. The fourth-order valence-corrected chi connectivity index (χ4v) is 6.07. The van der Waals surface area contributed by atoms with Crippen LogP contribution in [0.3, 0.4) is 0 Å². The fraction of sp³-hybridized carbons (Fsp3) is 0.310. The van der Waals surface area contributed by atoms with Gasteiger partial charge in [-0.25, -0.2) is 8.42 Å². The molecule has 0 saturated heterocycles. The summed E-state index contributed by atoms with van der Waals surface area (Å²) in [6, 6.07) is 16.9. The van der Waals surface area contributed by atoms with E-state index in [1.807, 2.05) is 20.8 Å². The van der Waals surface area contributed by atoms with Crippen LogP contribution < -0.4 is 9.62 Å². The van der Waals surface area contributed by atoms with Gasteiger partial charge in [-0.1, -0.05) is 69.8 Å². The Morgan fingerprint density at radius 3 is 2.08 bits per heavy atom. The summed E-state index contributed by atoms with van der Waals surface area (Å²) in [5.74, 6) is -0.969. The summed E-state index contributed by atoms with van der Waals surface area (Å²) in [5, 5.41) is 3.56. The monoisotopic (exact) mass is 667 g/mol. The van der Waals surface area contributed by atoms with Gasteiger partial charge >= 0.3 is 0 Å². The van der Waals surface area contributed by atoms with Gasteiger partial charge in [0.15, 0.2) is 0 Å². The number of nitrogens with zero attached hydrogens (tertiary/aromatic N) is 2. The number of amides is 2. The molecule has 2 atom stereocenters. The molecule has 0 saturated carbocycles. The van der Waals surface area contributed by atoms with Crippen molar-refractivity contribution in [1.29, 1.82) is 0 Å². The van der Waals surface area contributed by atoms with Crippen molar-refractivity contribution < 1.29 is 18.0 Å². The van der Waals surface area contributed by atoms with Crippen molar-refractivity contribution in [2.24, 2.45) is 0 Å². The first-order valence-corrected chi connectivity index (χ1v) is 15.7. The highest BCUT2D eigenvalue weighted by molar-refractivity contribution is 9.10. The first kappa shape index (κ1) is 31.9. The number of nitrogens with one attached hydrogen (secondary N) is 1. The quantitative estimate of drug-likeness (QED) is 0.250. The Kier molecular flexibility index (Phi) is 11.1. The van der Waals surface area contributed by atoms with Gasteiger partial charge in [0.1, 0.15) is 12.6 Å². The summed E-state index contributed by atoms with van der Waals surface area (Å²) in [5.41, 5.74) is 1.65. The second-order valence-electron chi connectivity index (χ2n) is 9.52. The smallest absolute Gasteiger partial charge is 0.264 e. The van der Waals surface area contributed by atoms with Crippen molar-refractivity contribution in [2.75, 3.05) is 10.8 Å². The van der Waals surface area contributed by atoms with Gasteiger partial charge in [0.25, 0.3) is 10.0 Å². The van der Waals surface area contributed by atoms with E-state index >= 15 is 0 Å². The predicted octanol–water partition coefficient (Wildman–Crippen LogP) is 6.59. The Morgan fingerprint density at radius 2 is 1.52 bits per heavy atom. The Bertz CT molecular complexity index is 1430. The minimum Gasteiger partial charge on any atom is -0.352 e. The summed E-state index contributed by atoms with van der Waals surface area (Å²) in [4.78, 5) is 28.5. The Labute approximate surface area is 254 Å². The number of carbonyl (C=O) groups is 2. The van der Waals surface area contributed by atoms with Crippen molar-refractivity contribution in [3.8, 4) is 0 Å². The van der Waals surface area contributed by atoms with Crippen LogP contribution in [0.1, 0.15) is 38.3 Å². The third kappa shape index (κ3) is 7.78. The summed E-state index contributed by atoms with van der Waals surface area (Å²) in [6.45, 7) is 6.61. The van der Waals surface area contributed by atoms with Gasteiger partial charge in [-0.15, -0.1) is 0 Å². The van der Waals surface area contributed by atoms with Gasteiger partial charge in [0.2, 0.25) is 11.8 Å². The molecule has 0 radical (unpaired) electrons. The highest BCUT2D eigenvalue weighted by atomic mass is 79.9. The number of anilines is 1. The van der Waals surface area contributed by atoms with Crippen LogP contribution in [-0.2, 0) is 26.2 Å². The number of benzene rings is 3. The van der Waals surface area contributed by atoms with Crippen LogP contribution in [0.4, 0.5) is 5.69 Å². The number of halogens is 3. The Balaban J connectivity index is 2.06. The molecule has 1 N–H and O–H groups in total. The van der Waals surface area contributed by atoms with E-state index in [0.717, 1.165) is 14.3 Å². The zero-order chi connectivity index (χ0) is 29.6. The summed E-state index contributed by atoms with van der Waals surface area (Å²) in [6.07, 6.45) is 0.703. The molecule has 0 bridgehead atoms. The molecule has 0 spiro atoms. The van der Waals surface area contributed by atoms with Crippen LogP contribution in [-0.4, -0.2) is 43.8 Å². The average Bonchev–Trinajstić information content (AvgIpc) is 2.91. The van der Waals surface area contributed by atoms with E-state index in [1.165, 1.54) is 17.0 Å². The van der Waals surface area contributed by atoms with Crippen LogP contribution in [0.5, 0.6) is 0 Å². The van der Waals surface area contributed by atoms with Crippen molar-refractivity contribution in [1.82, 2.24) is 10.2 Å². The van der Waals surface area contributed by atoms with Crippen LogP contribution in [0.2, 0.25) is 10.0 Å². The topological polar surface area (TPSA) is 86.8 Å². The van der Waals surface area contributed by atoms with E-state index in [4.69, 9.17) is 23.2 Å². The Morgan fingerprint density at radius 1 is 0.950 bits per heavy atom. The zero-order valence-electron chi connectivity index (χ0n) is 22.7. The number of rotatable bonds is 11. The van der Waals surface area contributed by atoms with Crippen molar-refractivity contribution in [3.63, 3.8) is 0 Å². The lowest BCUT2D eigenvalue weighted by Gasteiger charge is -2.33. The highest BCUT2D eigenvalue weighted by Crippen LogP contribution is 2.29. The molecular formula is C29H32BrCl2N3O4S. The van der Waals surface area contributed by atoms with E-state index in [-0.39, 0.29) is 23.4 Å². The minimum absolute atomic E-state index is 0.0390. The molecule has 3 rings (SSSR count). The SMILES string of the molecule is CC[C@@H](C)NC(=O)[C@H](C)N(Cc1c(Cl)cccc1Cl)C(=O)CN(c1ccc(Br)cc1)S(=O)(=O)c1ccc(C)cc1. The fourth-order valence-electron chi connectivity index (χ4n) is 3.88. The molecule has 0 fully saturated rings. The van der Waals surface area contributed by atoms with Crippen molar-refractivity contribution in [3.05, 3.63) is 92.4 Å². The lowest BCUT2D eigenvalue weighted by Crippen LogP contribution is -2.52. The van der Waals surface area contributed by atoms with E-state index in [9.17, 15) is 18.0 Å². The number of hydrogen-bond donors (Lipinski definition) is 1. The molecule has 0 unspecified atom stereocenters. The van der Waals surface area contributed by atoms with Crippen LogP contribution in [0.25, 0.3) is 0 Å². The standard InChI is InChI=1S/C29H32BrCl2N3O4S/c1-5-20(3)33-29(37)21(4)34(17-25-26(31)7-6-8-27(25)32)28(36)18-35(23-13-11-22(30)12-14-23)40(38,39)24-15-9-19(2)10-16-24/h6-16,20-21H,5,17-18H2,1-4H3,(H,33,37)/t20-,21+/m1/s1. The third-order valence-corrected chi connectivity index (χ3v) is 9.59. The maximum atomic E-state index is 14.0. The summed E-state index contributed by atoms with van der Waals surface area (Å²) in [7, 11) is -4.15. The normalized spacial score (nSPS) is 12.9. The van der Waals surface area contributed by atoms with E-state index in [0.29, 0.717) is 27.7 Å². The van der Waals surface area contributed by atoms with Gasteiger partial charge in [0, 0.05) is 32.7 Å². The van der Waals surface area contributed by atoms with E-state index < -0.39 is 28.5 Å². The van der Waals surface area contributed by atoms with Gasteiger partial charge in [-0.3, -0.25) is 13.9 Å². The number of sulfonamides is 1. The average molecular weight is 669 g/mol. The van der Waals surface area contributed by atoms with Crippen molar-refractivity contribution in [2.45, 2.75) is 57.6 Å². The lowest BCUT2D eigenvalue weighted by molar-refractivity contribution is -0.139. The summed E-state index contributed by atoms with van der Waals surface area (Å²) >= 11 is 16.2. The third-order valence-electron chi connectivity index (χ3n) is 6.56. The second-order valence-corrected chi connectivity index (χ2v) is 13.1. The molecule has 3 aromatic carbocycles. The van der Waals surface area contributed by atoms with Crippen LogP contribution >= 0.6 is 39.1 Å². The first-order chi connectivity index (χ1) is 18.8. The molecule has 11 heteroatoms. The van der Waals surface area contributed by atoms with Gasteiger partial charge in [0.05, 0.1) is 10.6 Å². The molecule has 7 nitrogen and oxygen atoms in total. The molecule has 0 aliphatic carbocycles. The number of aryl methyl sites for hydroxylation is 1. The minimum atomic E-state index is -4.15. The molecule has 0 heterocycles. The largest absolute Gasteiger partial charge is 0.352 e. The lowest BCUT2D eigenvalue weighted by atomic mass is 10.1. The van der Waals surface area contributed by atoms with E-state index in [2.05, 4.69) is 21.2 Å². The predicted molar refractivity (Wildman–Crippen MR) is 164 cm³/mol. The maximum Gasteiger partial charge on any atom is 0.264 e. The first-order valence-electron chi connectivity index (χ1n) is 12.7. The Hall–Kier alpha value is -2.59. The maximum absolute atomic E-state index is 14.0. The zero-order valence-corrected chi connectivity index (χ0v) is 26.6. The molecule has 3 aromatic rings. The number of carbonyl (C=O) groups excluding carboxylic acids is 2. The van der Waals surface area contributed by atoms with Crippen LogP contribution in [0.15, 0.2) is 76.1 Å². The molecule has 214 valence electrons. The molecule has 2 amide bonds.